The topological polar surface area (TPSA) is 78.5 Å². The van der Waals surface area contributed by atoms with E-state index < -0.39 is 24.2 Å². The largest absolute Gasteiger partial charge is 0.471 e. The third-order valence-electron chi connectivity index (χ3n) is 5.30. The van der Waals surface area contributed by atoms with E-state index in [1.54, 1.807) is 22.8 Å². The molecule has 0 unspecified atom stereocenters. The van der Waals surface area contributed by atoms with Crippen molar-refractivity contribution in [2.75, 3.05) is 30.3 Å². The number of carbonyl (C=O) groups is 3. The lowest BCUT2D eigenvalue weighted by molar-refractivity contribution is -0.167. The van der Waals surface area contributed by atoms with Crippen molar-refractivity contribution in [2.45, 2.75) is 19.3 Å². The molecular weight excluding hydrogens is 504 g/mol. The summed E-state index contributed by atoms with van der Waals surface area (Å²) in [7, 11) is 0. The molecule has 0 aromatic heterocycles. The maximum Gasteiger partial charge on any atom is 0.471 e. The average Bonchev–Trinajstić information content (AvgIpc) is 2.81. The number of anilines is 2. The average molecular weight is 525 g/mol. The Morgan fingerprint density at radius 3 is 1.57 bits per heavy atom. The third-order valence-corrected chi connectivity index (χ3v) is 5.30. The van der Waals surface area contributed by atoms with E-state index >= 15 is 0 Å². The summed E-state index contributed by atoms with van der Waals surface area (Å²) < 4.78 is 75.3. The molecule has 2 aromatic rings. The van der Waals surface area contributed by atoms with Crippen LogP contribution in [0.25, 0.3) is 12.2 Å². The van der Waals surface area contributed by atoms with Crippen molar-refractivity contribution in [1.82, 2.24) is 4.90 Å². The molecule has 0 radical (unpaired) electrons. The summed E-state index contributed by atoms with van der Waals surface area (Å²) in [5, 5.41) is 3.52. The van der Waals surface area contributed by atoms with Gasteiger partial charge in [-0.3, -0.25) is 19.3 Å². The van der Waals surface area contributed by atoms with Gasteiger partial charge in [-0.1, -0.05) is 31.2 Å². The van der Waals surface area contributed by atoms with Crippen molar-refractivity contribution in [3.05, 3.63) is 70.8 Å². The highest BCUT2D eigenvalue weighted by atomic mass is 19.4. The molecular formula is C25H21F6N3O3. The summed E-state index contributed by atoms with van der Waals surface area (Å²) in [6.45, 7) is 2.94. The van der Waals surface area contributed by atoms with Gasteiger partial charge in [0, 0.05) is 35.6 Å². The van der Waals surface area contributed by atoms with Crippen LogP contribution in [-0.4, -0.2) is 54.5 Å². The van der Waals surface area contributed by atoms with Gasteiger partial charge in [0.2, 0.25) is 0 Å². The van der Waals surface area contributed by atoms with Gasteiger partial charge in [-0.05, 0) is 54.1 Å². The van der Waals surface area contributed by atoms with Crippen LogP contribution in [0.2, 0.25) is 0 Å². The minimum Gasteiger partial charge on any atom is -0.318 e. The Bertz CT molecular complexity index is 1170. The van der Waals surface area contributed by atoms with Gasteiger partial charge in [-0.25, -0.2) is 0 Å². The predicted molar refractivity (Wildman–Crippen MR) is 125 cm³/mol. The lowest BCUT2D eigenvalue weighted by atomic mass is 9.94. The maximum absolute atomic E-state index is 13.2. The summed E-state index contributed by atoms with van der Waals surface area (Å²) >= 11 is 0. The van der Waals surface area contributed by atoms with Crippen molar-refractivity contribution in [1.29, 1.82) is 0 Å². The van der Waals surface area contributed by atoms with E-state index in [0.29, 0.717) is 28.8 Å². The van der Waals surface area contributed by atoms with Crippen molar-refractivity contribution < 1.29 is 40.7 Å². The van der Waals surface area contributed by atoms with Gasteiger partial charge in [-0.15, -0.1) is 0 Å². The van der Waals surface area contributed by atoms with Crippen LogP contribution in [0.15, 0.2) is 59.7 Å². The minimum atomic E-state index is -5.05. The molecule has 1 aliphatic heterocycles. The number of amides is 2. The number of ketones is 1. The molecule has 1 saturated heterocycles. The zero-order valence-corrected chi connectivity index (χ0v) is 19.3. The van der Waals surface area contributed by atoms with Crippen LogP contribution in [0.1, 0.15) is 18.1 Å². The van der Waals surface area contributed by atoms with Crippen molar-refractivity contribution in [2.24, 2.45) is 0 Å². The molecule has 0 atom stereocenters. The molecule has 0 aliphatic carbocycles. The molecule has 6 nitrogen and oxygen atoms in total. The third kappa shape index (κ3) is 7.53. The van der Waals surface area contributed by atoms with Crippen LogP contribution in [0.4, 0.5) is 37.7 Å². The number of hydrogen-bond donors (Lipinski definition) is 2. The van der Waals surface area contributed by atoms with Crippen LogP contribution in [-0.2, 0) is 14.4 Å². The molecule has 12 heteroatoms. The first-order chi connectivity index (χ1) is 17.3. The predicted octanol–water partition coefficient (Wildman–Crippen LogP) is 5.06. The molecule has 2 amide bonds. The zero-order chi connectivity index (χ0) is 27.4. The standard InChI is InChI=1S/C25H21F6N3O3/c1-2-34-13-17(9-15-5-3-7-19(11-15)32-22(36)24(26,27)28)21(35)18(14-34)10-16-6-4-8-20(12-16)33-23(37)25(29,30)31/h3-12H,2,13-14H2,1H3,(H,32,36)(H,33,37)/b17-9-,18-10+. The number of halogens is 6. The summed E-state index contributed by atoms with van der Waals surface area (Å²) in [5.74, 6) is -4.59. The van der Waals surface area contributed by atoms with Crippen LogP contribution < -0.4 is 10.6 Å². The van der Waals surface area contributed by atoms with Gasteiger partial charge in [-0.2, -0.15) is 26.3 Å². The number of nitrogens with one attached hydrogen (secondary N) is 2. The number of carbonyl (C=O) groups excluding carboxylic acids is 3. The minimum absolute atomic E-state index is 0.0965. The Hall–Kier alpha value is -3.93. The second-order valence-electron chi connectivity index (χ2n) is 8.13. The molecule has 1 heterocycles. The first-order valence-electron chi connectivity index (χ1n) is 10.9. The van der Waals surface area contributed by atoms with E-state index in [1.807, 2.05) is 11.8 Å². The number of hydrogen-bond acceptors (Lipinski definition) is 4. The summed E-state index contributed by atoms with van der Waals surface area (Å²) in [6, 6.07) is 11.1. The molecule has 2 aromatic carbocycles. The number of likely N-dealkylation sites (N-methyl/N-ethyl adjacent to an activating group) is 1. The SMILES string of the molecule is CCN1C/C(=C/c2cccc(NC(=O)C(F)(F)F)c2)C(=O)/C(=C/c2cccc(NC(=O)C(F)(F)F)c2)C1. The highest BCUT2D eigenvalue weighted by Crippen LogP contribution is 2.25. The smallest absolute Gasteiger partial charge is 0.318 e. The number of rotatable bonds is 5. The van der Waals surface area contributed by atoms with Crippen LogP contribution in [0.5, 0.6) is 0 Å². The monoisotopic (exact) mass is 525 g/mol. The summed E-state index contributed by atoms with van der Waals surface area (Å²) in [6.07, 6.45) is -7.10. The molecule has 196 valence electrons. The fourth-order valence-corrected chi connectivity index (χ4v) is 3.55. The quantitative estimate of drug-likeness (QED) is 0.423. The highest BCUT2D eigenvalue weighted by molar-refractivity contribution is 6.14. The van der Waals surface area contributed by atoms with E-state index in [0.717, 1.165) is 0 Å². The summed E-state index contributed by atoms with van der Waals surface area (Å²) in [4.78, 5) is 37.5. The Labute approximate surface area is 207 Å². The molecule has 1 aliphatic rings. The number of alkyl halides is 6. The fourth-order valence-electron chi connectivity index (χ4n) is 3.55. The van der Waals surface area contributed by atoms with Crippen molar-refractivity contribution >= 4 is 41.1 Å². The van der Waals surface area contributed by atoms with Gasteiger partial charge in [0.15, 0.2) is 5.78 Å². The van der Waals surface area contributed by atoms with E-state index in [9.17, 15) is 40.7 Å². The lowest BCUT2D eigenvalue weighted by Gasteiger charge is -2.28. The van der Waals surface area contributed by atoms with Crippen LogP contribution in [0, 0.1) is 0 Å². The molecule has 2 N–H and O–H groups in total. The lowest BCUT2D eigenvalue weighted by Crippen LogP contribution is -2.37. The first kappa shape index (κ1) is 27.7. The normalized spacial score (nSPS) is 17.2. The molecule has 0 bridgehead atoms. The number of piperidine rings is 1. The van der Waals surface area contributed by atoms with E-state index in [4.69, 9.17) is 0 Å². The Morgan fingerprint density at radius 2 is 1.22 bits per heavy atom. The molecule has 37 heavy (non-hydrogen) atoms. The van der Waals surface area contributed by atoms with Crippen molar-refractivity contribution in [3.8, 4) is 0 Å². The van der Waals surface area contributed by atoms with Gasteiger partial charge in [0.1, 0.15) is 0 Å². The van der Waals surface area contributed by atoms with Crippen LogP contribution in [0.3, 0.4) is 0 Å². The highest BCUT2D eigenvalue weighted by Gasteiger charge is 2.39. The Kier molecular flexibility index (Phi) is 8.22. The Balaban J connectivity index is 1.87. The fraction of sp³-hybridized carbons (Fsp3) is 0.240. The van der Waals surface area contributed by atoms with Gasteiger partial charge in [0.05, 0.1) is 0 Å². The van der Waals surface area contributed by atoms with Crippen molar-refractivity contribution in [3.63, 3.8) is 0 Å². The maximum atomic E-state index is 13.2. The zero-order valence-electron chi connectivity index (χ0n) is 19.3. The first-order valence-corrected chi connectivity index (χ1v) is 10.9. The second kappa shape index (κ2) is 11.0. The molecule has 1 fully saturated rings. The number of benzene rings is 2. The van der Waals surface area contributed by atoms with Gasteiger partial charge < -0.3 is 10.6 Å². The summed E-state index contributed by atoms with van der Waals surface area (Å²) in [5.41, 5.74) is 1.25. The number of nitrogens with zero attached hydrogens (tertiary/aromatic N) is 1. The van der Waals surface area contributed by atoms with E-state index in [1.165, 1.54) is 48.6 Å². The van der Waals surface area contributed by atoms with E-state index in [2.05, 4.69) is 0 Å². The van der Waals surface area contributed by atoms with Gasteiger partial charge >= 0.3 is 24.2 Å². The number of likely N-dealkylation sites (tertiary alicyclic amines) is 1. The molecule has 0 spiro atoms. The molecule has 3 rings (SSSR count). The van der Waals surface area contributed by atoms with Gasteiger partial charge in [0.25, 0.3) is 0 Å². The molecule has 0 saturated carbocycles. The van der Waals surface area contributed by atoms with Crippen LogP contribution >= 0.6 is 0 Å². The van der Waals surface area contributed by atoms with E-state index in [-0.39, 0.29) is 30.2 Å². The Morgan fingerprint density at radius 1 is 0.811 bits per heavy atom. The second-order valence-corrected chi connectivity index (χ2v) is 8.13. The number of Topliss-reactive ketones (excluding diaryl/α,β-unsaturated/α-hetero) is 1.